The highest BCUT2D eigenvalue weighted by Gasteiger charge is 2.48. The molecular weight excluding hydrogens is 392 g/mol. The Morgan fingerprint density at radius 2 is 2.00 bits per heavy atom. The van der Waals surface area contributed by atoms with Gasteiger partial charge in [-0.05, 0) is 12.0 Å². The number of amidine groups is 1. The third-order valence-electron chi connectivity index (χ3n) is 4.89. The largest absolute Gasteiger partial charge is 0.460 e. The van der Waals surface area contributed by atoms with E-state index in [0.717, 1.165) is 24.8 Å². The van der Waals surface area contributed by atoms with Gasteiger partial charge in [0.1, 0.15) is 6.61 Å². The number of ether oxygens (including phenoxy) is 1. The Bertz CT molecular complexity index is 786. The molecule has 0 bridgehead atoms. The van der Waals surface area contributed by atoms with Gasteiger partial charge < -0.3 is 14.5 Å². The van der Waals surface area contributed by atoms with Crippen LogP contribution in [0.3, 0.4) is 0 Å². The number of urea groups is 1. The molecule has 3 rings (SSSR count). The minimum Gasteiger partial charge on any atom is -0.460 e. The van der Waals surface area contributed by atoms with Gasteiger partial charge in [0.2, 0.25) is 0 Å². The Labute approximate surface area is 174 Å². The lowest BCUT2D eigenvalue weighted by molar-refractivity contribution is -0.141. The zero-order chi connectivity index (χ0) is 20.8. The van der Waals surface area contributed by atoms with E-state index in [1.165, 1.54) is 16.7 Å². The Kier molecular flexibility index (Phi) is 7.13. The first-order valence-corrected chi connectivity index (χ1v) is 10.7. The van der Waals surface area contributed by atoms with Crippen molar-refractivity contribution in [2.24, 2.45) is 4.99 Å². The summed E-state index contributed by atoms with van der Waals surface area (Å²) >= 11 is 1.25. The lowest BCUT2D eigenvalue weighted by atomic mass is 10.1. The molecule has 0 spiro atoms. The van der Waals surface area contributed by atoms with Crippen molar-refractivity contribution in [1.29, 1.82) is 0 Å². The van der Waals surface area contributed by atoms with Crippen LogP contribution in [0, 0.1) is 0 Å². The highest BCUT2D eigenvalue weighted by Crippen LogP contribution is 2.29. The van der Waals surface area contributed by atoms with Gasteiger partial charge in [0.15, 0.2) is 17.4 Å². The van der Waals surface area contributed by atoms with Crippen molar-refractivity contribution < 1.29 is 19.1 Å². The quantitative estimate of drug-likeness (QED) is 0.514. The molecule has 1 N–H and O–H groups in total. The fourth-order valence-electron chi connectivity index (χ4n) is 3.29. The average Bonchev–Trinajstić information content (AvgIpc) is 3.09. The zero-order valence-corrected chi connectivity index (χ0v) is 17.5. The van der Waals surface area contributed by atoms with Gasteiger partial charge in [-0.15, -0.1) is 0 Å². The van der Waals surface area contributed by atoms with Crippen molar-refractivity contribution in [3.05, 3.63) is 35.9 Å². The number of carbonyl (C=O) groups excluding carboxylic acids is 3. The molecule has 1 saturated heterocycles. The first-order chi connectivity index (χ1) is 14.0. The van der Waals surface area contributed by atoms with Crippen LogP contribution in [0.25, 0.3) is 0 Å². The fourth-order valence-corrected chi connectivity index (χ4v) is 4.17. The normalized spacial score (nSPS) is 21.0. The Morgan fingerprint density at radius 1 is 1.24 bits per heavy atom. The maximum atomic E-state index is 12.4. The summed E-state index contributed by atoms with van der Waals surface area (Å²) in [6, 6.07) is 8.47. The Hall–Kier alpha value is -2.55. The molecule has 1 fully saturated rings. The van der Waals surface area contributed by atoms with Gasteiger partial charge in [-0.3, -0.25) is 14.9 Å². The van der Waals surface area contributed by atoms with Crippen LogP contribution in [-0.4, -0.2) is 64.4 Å². The van der Waals surface area contributed by atoms with E-state index < -0.39 is 18.2 Å². The second-order valence-corrected chi connectivity index (χ2v) is 7.95. The highest BCUT2D eigenvalue weighted by molar-refractivity contribution is 8.14. The summed E-state index contributed by atoms with van der Waals surface area (Å²) in [6.45, 7) is 2.98. The molecule has 0 saturated carbocycles. The van der Waals surface area contributed by atoms with Gasteiger partial charge in [0, 0.05) is 13.6 Å². The van der Waals surface area contributed by atoms with Gasteiger partial charge >= 0.3 is 12.0 Å². The molecule has 3 amide bonds. The van der Waals surface area contributed by atoms with Crippen molar-refractivity contribution >= 4 is 34.8 Å². The predicted molar refractivity (Wildman–Crippen MR) is 111 cm³/mol. The van der Waals surface area contributed by atoms with Crippen LogP contribution in [0.5, 0.6) is 0 Å². The number of rotatable bonds is 8. The topological polar surface area (TPSA) is 91.3 Å². The summed E-state index contributed by atoms with van der Waals surface area (Å²) in [5, 5.41) is 2.98. The van der Waals surface area contributed by atoms with Crippen LogP contribution in [0.15, 0.2) is 35.3 Å². The third kappa shape index (κ3) is 5.09. The van der Waals surface area contributed by atoms with E-state index in [1.807, 2.05) is 35.2 Å². The summed E-state index contributed by atoms with van der Waals surface area (Å²) in [6.07, 6.45) is 2.42. The molecule has 29 heavy (non-hydrogen) atoms. The van der Waals surface area contributed by atoms with Gasteiger partial charge in [-0.1, -0.05) is 61.9 Å². The second-order valence-electron chi connectivity index (χ2n) is 7.01. The summed E-state index contributed by atoms with van der Waals surface area (Å²) in [5.74, 6) is -0.603. The maximum Gasteiger partial charge on any atom is 0.325 e. The number of benzene rings is 1. The van der Waals surface area contributed by atoms with Crippen molar-refractivity contribution in [3.8, 4) is 0 Å². The standard InChI is InChI=1S/C20H26N4O4S/c1-3-4-8-11-24-16-17(23(2)19(27)22-18(16)26)21-20(24)29-13-15(25)28-12-14-9-6-5-7-10-14/h5-7,9-10,16-17H,3-4,8,11-13H2,1-2H3,(H,22,26,27). The molecule has 1 aromatic carbocycles. The van der Waals surface area contributed by atoms with Crippen LogP contribution in [-0.2, 0) is 20.9 Å². The molecule has 2 unspecified atom stereocenters. The number of nitrogens with zero attached hydrogens (tertiary/aromatic N) is 3. The minimum atomic E-state index is -0.569. The van der Waals surface area contributed by atoms with E-state index in [0.29, 0.717) is 11.7 Å². The first-order valence-electron chi connectivity index (χ1n) is 9.75. The van der Waals surface area contributed by atoms with Crippen molar-refractivity contribution in [1.82, 2.24) is 15.1 Å². The van der Waals surface area contributed by atoms with Crippen molar-refractivity contribution in [3.63, 3.8) is 0 Å². The summed E-state index contributed by atoms with van der Waals surface area (Å²) < 4.78 is 5.32. The van der Waals surface area contributed by atoms with Crippen LogP contribution >= 0.6 is 11.8 Å². The van der Waals surface area contributed by atoms with Crippen molar-refractivity contribution in [2.45, 2.75) is 45.0 Å². The third-order valence-corrected chi connectivity index (χ3v) is 5.87. The molecule has 2 atom stereocenters. The highest BCUT2D eigenvalue weighted by atomic mass is 32.2. The number of likely N-dealkylation sites (N-methyl/N-ethyl adjacent to an activating group) is 1. The Balaban J connectivity index is 1.62. The molecule has 2 aliphatic rings. The number of unbranched alkanes of at least 4 members (excludes halogenated alkanes) is 2. The van der Waals surface area contributed by atoms with E-state index >= 15 is 0 Å². The number of carbonyl (C=O) groups is 3. The molecule has 2 heterocycles. The lowest BCUT2D eigenvalue weighted by Gasteiger charge is -2.36. The molecule has 0 aliphatic carbocycles. The van der Waals surface area contributed by atoms with E-state index in [1.54, 1.807) is 7.05 Å². The summed E-state index contributed by atoms with van der Waals surface area (Å²) in [4.78, 5) is 44.5. The van der Waals surface area contributed by atoms with Gasteiger partial charge in [0.25, 0.3) is 5.91 Å². The van der Waals surface area contributed by atoms with Gasteiger partial charge in [0.05, 0.1) is 5.75 Å². The van der Waals surface area contributed by atoms with Crippen LogP contribution in [0.2, 0.25) is 0 Å². The van der Waals surface area contributed by atoms with Crippen LogP contribution in [0.4, 0.5) is 4.79 Å². The summed E-state index contributed by atoms with van der Waals surface area (Å²) in [7, 11) is 1.62. The smallest absolute Gasteiger partial charge is 0.325 e. The molecule has 1 aromatic rings. The predicted octanol–water partition coefficient (Wildman–Crippen LogP) is 2.20. The molecule has 8 nitrogen and oxygen atoms in total. The molecule has 2 aliphatic heterocycles. The average molecular weight is 419 g/mol. The molecule has 0 aromatic heterocycles. The van der Waals surface area contributed by atoms with E-state index in [9.17, 15) is 14.4 Å². The second kappa shape index (κ2) is 9.78. The number of imide groups is 1. The number of thioether (sulfide) groups is 1. The molecule has 0 radical (unpaired) electrons. The number of esters is 1. The molecular formula is C20H26N4O4S. The van der Waals surface area contributed by atoms with Crippen LogP contribution < -0.4 is 5.32 Å². The van der Waals surface area contributed by atoms with Crippen molar-refractivity contribution in [2.75, 3.05) is 19.3 Å². The van der Waals surface area contributed by atoms with Gasteiger partial charge in [-0.25, -0.2) is 9.79 Å². The monoisotopic (exact) mass is 418 g/mol. The lowest BCUT2D eigenvalue weighted by Crippen LogP contribution is -2.63. The van der Waals surface area contributed by atoms with E-state index in [4.69, 9.17) is 4.74 Å². The fraction of sp³-hybridized carbons (Fsp3) is 0.500. The first kappa shape index (κ1) is 21.2. The maximum absolute atomic E-state index is 12.4. The minimum absolute atomic E-state index is 0.0919. The number of hydrogen-bond donors (Lipinski definition) is 1. The number of nitrogens with one attached hydrogen (secondary N) is 1. The molecule has 156 valence electrons. The number of fused-ring (bicyclic) bond motifs is 1. The zero-order valence-electron chi connectivity index (χ0n) is 16.7. The SMILES string of the molecule is CCCCCN1C(SCC(=O)OCc2ccccc2)=NC2C1C(=O)NC(=O)N2C. The Morgan fingerprint density at radius 3 is 2.72 bits per heavy atom. The number of hydrogen-bond acceptors (Lipinski definition) is 7. The van der Waals surface area contributed by atoms with E-state index in [-0.39, 0.29) is 24.2 Å². The van der Waals surface area contributed by atoms with Gasteiger partial charge in [-0.2, -0.15) is 0 Å². The molecule has 9 heteroatoms. The number of aliphatic imine (C=N–C) groups is 1. The summed E-state index contributed by atoms with van der Waals surface area (Å²) in [5.41, 5.74) is 0.924. The number of amides is 3. The van der Waals surface area contributed by atoms with E-state index in [2.05, 4.69) is 17.2 Å². The van der Waals surface area contributed by atoms with Crippen LogP contribution in [0.1, 0.15) is 31.7 Å².